The number of amides is 2. The van der Waals surface area contributed by atoms with Crippen molar-refractivity contribution >= 4 is 6.03 Å². The zero-order valence-electron chi connectivity index (χ0n) is 7.37. The van der Waals surface area contributed by atoms with Crippen LogP contribution in [0.25, 0.3) is 0 Å². The number of carbonyl (C=O) groups is 1. The van der Waals surface area contributed by atoms with Crippen LogP contribution in [0.4, 0.5) is 4.79 Å². The van der Waals surface area contributed by atoms with Crippen LogP contribution in [0.2, 0.25) is 0 Å². The van der Waals surface area contributed by atoms with Crippen LogP contribution in [0, 0.1) is 0 Å². The number of benzene rings is 1. The summed E-state index contributed by atoms with van der Waals surface area (Å²) in [6, 6.07) is 6.52. The van der Waals surface area contributed by atoms with Crippen molar-refractivity contribution in [2.24, 2.45) is 0 Å². The van der Waals surface area contributed by atoms with E-state index in [1.165, 1.54) is 0 Å². The molecule has 0 bridgehead atoms. The lowest BCUT2D eigenvalue weighted by atomic mass is 10.2. The molecular weight excluding hydrogens is 168 g/mol. The topological polar surface area (TPSA) is 61.4 Å². The molecule has 1 rings (SSSR count). The fourth-order valence-corrected chi connectivity index (χ4v) is 0.937. The number of carbonyl (C=O) groups excluding carboxylic acids is 1. The number of rotatable bonds is 2. The number of phenols is 1. The zero-order chi connectivity index (χ0) is 9.68. The van der Waals surface area contributed by atoms with Crippen LogP contribution in [0.3, 0.4) is 0 Å². The molecule has 13 heavy (non-hydrogen) atoms. The second-order valence-corrected chi connectivity index (χ2v) is 2.60. The van der Waals surface area contributed by atoms with Gasteiger partial charge in [0.1, 0.15) is 5.75 Å². The average Bonchev–Trinajstić information content (AvgIpc) is 2.14. The van der Waals surface area contributed by atoms with Gasteiger partial charge in [0.15, 0.2) is 0 Å². The Kier molecular flexibility index (Phi) is 3.14. The second-order valence-electron chi connectivity index (χ2n) is 2.60. The van der Waals surface area contributed by atoms with Gasteiger partial charge in [-0.05, 0) is 17.7 Å². The van der Waals surface area contributed by atoms with Gasteiger partial charge in [-0.25, -0.2) is 4.79 Å². The van der Waals surface area contributed by atoms with Crippen LogP contribution in [0.15, 0.2) is 24.3 Å². The van der Waals surface area contributed by atoms with Crippen molar-refractivity contribution in [3.63, 3.8) is 0 Å². The SMILES string of the molecule is CNC(=O)NCc1cccc(O)c1. The van der Waals surface area contributed by atoms with E-state index in [1.54, 1.807) is 25.2 Å². The molecule has 1 aromatic carbocycles. The van der Waals surface area contributed by atoms with Crippen LogP contribution < -0.4 is 10.6 Å². The normalized spacial score (nSPS) is 9.31. The zero-order valence-corrected chi connectivity index (χ0v) is 7.37. The Morgan fingerprint density at radius 1 is 1.54 bits per heavy atom. The number of aromatic hydroxyl groups is 1. The highest BCUT2D eigenvalue weighted by Gasteiger charge is 1.97. The molecule has 0 fully saturated rings. The van der Waals surface area contributed by atoms with E-state index in [4.69, 9.17) is 5.11 Å². The molecule has 4 heteroatoms. The van der Waals surface area contributed by atoms with E-state index in [0.717, 1.165) is 5.56 Å². The van der Waals surface area contributed by atoms with Crippen LogP contribution >= 0.6 is 0 Å². The Hall–Kier alpha value is -1.71. The highest BCUT2D eigenvalue weighted by Crippen LogP contribution is 2.10. The molecule has 0 aliphatic carbocycles. The fraction of sp³-hybridized carbons (Fsp3) is 0.222. The van der Waals surface area contributed by atoms with Crippen LogP contribution in [0.5, 0.6) is 5.75 Å². The maximum absolute atomic E-state index is 10.8. The molecule has 0 saturated carbocycles. The highest BCUT2D eigenvalue weighted by atomic mass is 16.3. The first-order valence-electron chi connectivity index (χ1n) is 3.96. The minimum absolute atomic E-state index is 0.205. The molecule has 0 aliphatic rings. The molecule has 0 aromatic heterocycles. The number of phenolic OH excluding ortho intramolecular Hbond substituents is 1. The molecule has 0 unspecified atom stereocenters. The predicted molar refractivity (Wildman–Crippen MR) is 49.4 cm³/mol. The molecular formula is C9H12N2O2. The van der Waals surface area contributed by atoms with Crippen molar-refractivity contribution in [3.8, 4) is 5.75 Å². The molecule has 1 aromatic rings. The van der Waals surface area contributed by atoms with Crippen LogP contribution in [0.1, 0.15) is 5.56 Å². The van der Waals surface area contributed by atoms with Crippen molar-refractivity contribution in [3.05, 3.63) is 29.8 Å². The summed E-state index contributed by atoms with van der Waals surface area (Å²) < 4.78 is 0. The fourth-order valence-electron chi connectivity index (χ4n) is 0.937. The van der Waals surface area contributed by atoms with E-state index in [2.05, 4.69) is 10.6 Å². The first kappa shape index (κ1) is 9.38. The van der Waals surface area contributed by atoms with Crippen molar-refractivity contribution in [1.29, 1.82) is 0 Å². The number of hydrogen-bond donors (Lipinski definition) is 3. The van der Waals surface area contributed by atoms with E-state index in [9.17, 15) is 4.79 Å². The summed E-state index contributed by atoms with van der Waals surface area (Å²) in [7, 11) is 1.55. The van der Waals surface area contributed by atoms with Crippen molar-refractivity contribution in [2.45, 2.75) is 6.54 Å². The third-order valence-electron chi connectivity index (χ3n) is 1.59. The van der Waals surface area contributed by atoms with E-state index >= 15 is 0 Å². The van der Waals surface area contributed by atoms with Crippen molar-refractivity contribution in [2.75, 3.05) is 7.05 Å². The first-order chi connectivity index (χ1) is 6.22. The Morgan fingerprint density at radius 2 is 2.31 bits per heavy atom. The molecule has 0 heterocycles. The Bertz CT molecular complexity index is 299. The lowest BCUT2D eigenvalue weighted by molar-refractivity contribution is 0.242. The minimum atomic E-state index is -0.233. The summed E-state index contributed by atoms with van der Waals surface area (Å²) in [5.74, 6) is 0.205. The third-order valence-corrected chi connectivity index (χ3v) is 1.59. The predicted octanol–water partition coefficient (Wildman–Crippen LogP) is 0.821. The number of hydrogen-bond acceptors (Lipinski definition) is 2. The maximum atomic E-state index is 10.8. The van der Waals surface area contributed by atoms with E-state index < -0.39 is 0 Å². The van der Waals surface area contributed by atoms with E-state index in [0.29, 0.717) is 6.54 Å². The largest absolute Gasteiger partial charge is 0.508 e. The molecule has 0 atom stereocenters. The Morgan fingerprint density at radius 3 is 2.92 bits per heavy atom. The lowest BCUT2D eigenvalue weighted by Gasteiger charge is -2.04. The van der Waals surface area contributed by atoms with Gasteiger partial charge < -0.3 is 15.7 Å². The maximum Gasteiger partial charge on any atom is 0.314 e. The van der Waals surface area contributed by atoms with Crippen LogP contribution in [-0.4, -0.2) is 18.2 Å². The Labute approximate surface area is 76.6 Å². The molecule has 0 saturated heterocycles. The van der Waals surface area contributed by atoms with Gasteiger partial charge in [0, 0.05) is 13.6 Å². The molecule has 3 N–H and O–H groups in total. The quantitative estimate of drug-likeness (QED) is 0.631. The molecule has 4 nitrogen and oxygen atoms in total. The van der Waals surface area contributed by atoms with Gasteiger partial charge >= 0.3 is 6.03 Å². The third kappa shape index (κ3) is 3.02. The highest BCUT2D eigenvalue weighted by molar-refractivity contribution is 5.73. The van der Waals surface area contributed by atoms with Gasteiger partial charge in [-0.2, -0.15) is 0 Å². The van der Waals surface area contributed by atoms with Crippen molar-refractivity contribution < 1.29 is 9.90 Å². The standard InChI is InChI=1S/C9H12N2O2/c1-10-9(13)11-6-7-3-2-4-8(12)5-7/h2-5,12H,6H2,1H3,(H2,10,11,13). The average molecular weight is 180 g/mol. The van der Waals surface area contributed by atoms with Gasteiger partial charge in [-0.3, -0.25) is 0 Å². The monoisotopic (exact) mass is 180 g/mol. The van der Waals surface area contributed by atoms with E-state index in [-0.39, 0.29) is 11.8 Å². The molecule has 0 spiro atoms. The summed E-state index contributed by atoms with van der Waals surface area (Å²) in [6.45, 7) is 0.411. The summed E-state index contributed by atoms with van der Waals surface area (Å²) in [5.41, 5.74) is 0.864. The van der Waals surface area contributed by atoms with Gasteiger partial charge in [0.25, 0.3) is 0 Å². The van der Waals surface area contributed by atoms with E-state index in [1.807, 2.05) is 6.07 Å². The molecule has 70 valence electrons. The smallest absolute Gasteiger partial charge is 0.314 e. The first-order valence-corrected chi connectivity index (χ1v) is 3.96. The van der Waals surface area contributed by atoms with Gasteiger partial charge in [-0.15, -0.1) is 0 Å². The minimum Gasteiger partial charge on any atom is -0.508 e. The number of urea groups is 1. The van der Waals surface area contributed by atoms with Crippen molar-refractivity contribution in [1.82, 2.24) is 10.6 Å². The van der Waals surface area contributed by atoms with Crippen LogP contribution in [-0.2, 0) is 6.54 Å². The van der Waals surface area contributed by atoms with Gasteiger partial charge in [-0.1, -0.05) is 12.1 Å². The Balaban J connectivity index is 2.50. The molecule has 0 aliphatic heterocycles. The summed E-state index contributed by atoms with van der Waals surface area (Å²) in [6.07, 6.45) is 0. The summed E-state index contributed by atoms with van der Waals surface area (Å²) >= 11 is 0. The molecule has 0 radical (unpaired) electrons. The second kappa shape index (κ2) is 4.35. The summed E-state index contributed by atoms with van der Waals surface area (Å²) in [4.78, 5) is 10.8. The number of nitrogens with one attached hydrogen (secondary N) is 2. The van der Waals surface area contributed by atoms with Gasteiger partial charge in [0.2, 0.25) is 0 Å². The molecule has 2 amide bonds. The van der Waals surface area contributed by atoms with Gasteiger partial charge in [0.05, 0.1) is 0 Å². The summed E-state index contributed by atoms with van der Waals surface area (Å²) in [5, 5.41) is 14.2. The lowest BCUT2D eigenvalue weighted by Crippen LogP contribution is -2.32.